The third-order valence-electron chi connectivity index (χ3n) is 2.37. The fourth-order valence-electron chi connectivity index (χ4n) is 1.57. The Morgan fingerprint density at radius 3 is 2.88 bits per heavy atom. The van der Waals surface area contributed by atoms with Crippen molar-refractivity contribution in [3.05, 3.63) is 30.1 Å². The zero-order valence-corrected chi connectivity index (χ0v) is 9.41. The summed E-state index contributed by atoms with van der Waals surface area (Å²) in [4.78, 5) is 4.12. The topological polar surface area (TPSA) is 68.8 Å². The van der Waals surface area contributed by atoms with Crippen molar-refractivity contribution in [2.24, 2.45) is 0 Å². The molecule has 0 unspecified atom stereocenters. The standard InChI is InChI=1S/C10H15N5O/c1-8(2)15-7-11-3-10(15)5-14-4-9(6-16)12-13-14/h3-4,7-8,16H,5-6H2,1-2H3. The summed E-state index contributed by atoms with van der Waals surface area (Å²) in [6.45, 7) is 4.74. The number of aromatic nitrogens is 5. The van der Waals surface area contributed by atoms with Crippen LogP contribution < -0.4 is 0 Å². The first-order chi connectivity index (χ1) is 7.70. The Balaban J connectivity index is 2.17. The molecule has 6 nitrogen and oxygen atoms in total. The smallest absolute Gasteiger partial charge is 0.108 e. The van der Waals surface area contributed by atoms with Crippen molar-refractivity contribution in [3.63, 3.8) is 0 Å². The number of rotatable bonds is 4. The lowest BCUT2D eigenvalue weighted by Crippen LogP contribution is -2.09. The molecule has 0 spiro atoms. The van der Waals surface area contributed by atoms with Gasteiger partial charge in [-0.1, -0.05) is 5.21 Å². The van der Waals surface area contributed by atoms with Gasteiger partial charge in [-0.15, -0.1) is 5.10 Å². The molecule has 0 radical (unpaired) electrons. The monoisotopic (exact) mass is 221 g/mol. The minimum absolute atomic E-state index is 0.0799. The Bertz CT molecular complexity index is 459. The van der Waals surface area contributed by atoms with Crippen LogP contribution in [0.4, 0.5) is 0 Å². The van der Waals surface area contributed by atoms with E-state index in [2.05, 4.69) is 33.7 Å². The van der Waals surface area contributed by atoms with Gasteiger partial charge in [-0.2, -0.15) is 0 Å². The predicted octanol–water partition coefficient (Wildman–Crippen LogP) is 0.596. The lowest BCUT2D eigenvalue weighted by Gasteiger charge is -2.10. The molecule has 86 valence electrons. The zero-order valence-electron chi connectivity index (χ0n) is 9.41. The molecular weight excluding hydrogens is 206 g/mol. The summed E-state index contributed by atoms with van der Waals surface area (Å²) in [5.74, 6) is 0. The molecule has 0 aliphatic rings. The molecule has 1 N–H and O–H groups in total. The van der Waals surface area contributed by atoms with E-state index < -0.39 is 0 Å². The highest BCUT2D eigenvalue weighted by molar-refractivity contribution is 5.01. The summed E-state index contributed by atoms with van der Waals surface area (Å²) in [5, 5.41) is 16.6. The second kappa shape index (κ2) is 4.44. The van der Waals surface area contributed by atoms with Gasteiger partial charge in [-0.05, 0) is 13.8 Å². The van der Waals surface area contributed by atoms with Gasteiger partial charge in [0.25, 0.3) is 0 Å². The number of imidazole rings is 1. The highest BCUT2D eigenvalue weighted by atomic mass is 16.3. The van der Waals surface area contributed by atoms with E-state index in [1.165, 1.54) is 0 Å². The van der Waals surface area contributed by atoms with Crippen molar-refractivity contribution in [1.82, 2.24) is 24.5 Å². The van der Waals surface area contributed by atoms with Crippen molar-refractivity contribution < 1.29 is 5.11 Å². The van der Waals surface area contributed by atoms with Crippen molar-refractivity contribution in [2.75, 3.05) is 0 Å². The fourth-order valence-corrected chi connectivity index (χ4v) is 1.57. The van der Waals surface area contributed by atoms with Crippen LogP contribution in [0, 0.1) is 0 Å². The van der Waals surface area contributed by atoms with Crippen molar-refractivity contribution in [2.45, 2.75) is 33.0 Å². The second-order valence-corrected chi connectivity index (χ2v) is 3.95. The number of hydrogen-bond acceptors (Lipinski definition) is 4. The molecule has 0 saturated heterocycles. The second-order valence-electron chi connectivity index (χ2n) is 3.95. The highest BCUT2D eigenvalue weighted by Gasteiger charge is 2.07. The van der Waals surface area contributed by atoms with Crippen LogP contribution in [-0.2, 0) is 13.2 Å². The summed E-state index contributed by atoms with van der Waals surface area (Å²) in [6, 6.07) is 0.373. The predicted molar refractivity (Wildman–Crippen MR) is 57.7 cm³/mol. The van der Waals surface area contributed by atoms with Crippen molar-refractivity contribution in [1.29, 1.82) is 0 Å². The van der Waals surface area contributed by atoms with Crippen LogP contribution in [0.1, 0.15) is 31.3 Å². The van der Waals surface area contributed by atoms with Crippen LogP contribution in [0.3, 0.4) is 0 Å². The van der Waals surface area contributed by atoms with Crippen LogP contribution in [0.25, 0.3) is 0 Å². The van der Waals surface area contributed by atoms with Crippen molar-refractivity contribution >= 4 is 0 Å². The Morgan fingerprint density at radius 2 is 2.25 bits per heavy atom. The fraction of sp³-hybridized carbons (Fsp3) is 0.500. The lowest BCUT2D eigenvalue weighted by molar-refractivity contribution is 0.276. The van der Waals surface area contributed by atoms with Gasteiger partial charge in [0.05, 0.1) is 37.6 Å². The molecule has 0 fully saturated rings. The quantitative estimate of drug-likeness (QED) is 0.820. The van der Waals surface area contributed by atoms with E-state index in [1.807, 2.05) is 12.5 Å². The summed E-state index contributed by atoms with van der Waals surface area (Å²) >= 11 is 0. The number of hydrogen-bond donors (Lipinski definition) is 1. The lowest BCUT2D eigenvalue weighted by atomic mass is 10.3. The molecule has 0 saturated carbocycles. The largest absolute Gasteiger partial charge is 0.390 e. The molecule has 2 heterocycles. The van der Waals surface area contributed by atoms with Gasteiger partial charge in [-0.3, -0.25) is 0 Å². The molecule has 0 atom stereocenters. The molecule has 0 amide bonds. The maximum Gasteiger partial charge on any atom is 0.108 e. The third-order valence-corrected chi connectivity index (χ3v) is 2.37. The van der Waals surface area contributed by atoms with E-state index in [4.69, 9.17) is 5.11 Å². The van der Waals surface area contributed by atoms with Gasteiger partial charge in [0.2, 0.25) is 0 Å². The maximum atomic E-state index is 8.89. The van der Waals surface area contributed by atoms with Crippen LogP contribution in [-0.4, -0.2) is 29.7 Å². The Morgan fingerprint density at radius 1 is 1.44 bits per heavy atom. The van der Waals surface area contributed by atoms with E-state index >= 15 is 0 Å². The molecule has 16 heavy (non-hydrogen) atoms. The Kier molecular flexibility index (Phi) is 3.00. The zero-order chi connectivity index (χ0) is 11.5. The maximum absolute atomic E-state index is 8.89. The van der Waals surface area contributed by atoms with E-state index in [0.717, 1.165) is 5.69 Å². The van der Waals surface area contributed by atoms with Crippen molar-refractivity contribution in [3.8, 4) is 0 Å². The van der Waals surface area contributed by atoms with Gasteiger partial charge in [-0.25, -0.2) is 9.67 Å². The summed E-state index contributed by atoms with van der Waals surface area (Å²) in [6.07, 6.45) is 5.36. The number of aliphatic hydroxyl groups excluding tert-OH is 1. The summed E-state index contributed by atoms with van der Waals surface area (Å²) in [5.41, 5.74) is 1.65. The molecule has 0 aromatic carbocycles. The molecule has 2 aromatic rings. The van der Waals surface area contributed by atoms with Gasteiger partial charge in [0, 0.05) is 6.04 Å². The van der Waals surface area contributed by atoms with Crippen LogP contribution in [0.5, 0.6) is 0 Å². The first-order valence-electron chi connectivity index (χ1n) is 5.21. The molecule has 2 rings (SSSR count). The van der Waals surface area contributed by atoms with Gasteiger partial charge >= 0.3 is 0 Å². The van der Waals surface area contributed by atoms with Crippen LogP contribution >= 0.6 is 0 Å². The Hall–Kier alpha value is -1.69. The molecule has 6 heteroatoms. The number of aliphatic hydroxyl groups is 1. The first-order valence-corrected chi connectivity index (χ1v) is 5.21. The number of nitrogens with zero attached hydrogens (tertiary/aromatic N) is 5. The third kappa shape index (κ3) is 2.11. The van der Waals surface area contributed by atoms with Crippen LogP contribution in [0.15, 0.2) is 18.7 Å². The first kappa shape index (κ1) is 10.8. The molecule has 0 aliphatic heterocycles. The molecule has 2 aromatic heterocycles. The minimum Gasteiger partial charge on any atom is -0.390 e. The SMILES string of the molecule is CC(C)n1cncc1Cn1cc(CO)nn1. The van der Waals surface area contributed by atoms with E-state index in [-0.39, 0.29) is 6.61 Å². The van der Waals surface area contributed by atoms with E-state index in [9.17, 15) is 0 Å². The Labute approximate surface area is 93.5 Å². The average molecular weight is 221 g/mol. The van der Waals surface area contributed by atoms with Gasteiger partial charge < -0.3 is 9.67 Å². The summed E-state index contributed by atoms with van der Waals surface area (Å²) in [7, 11) is 0. The highest BCUT2D eigenvalue weighted by Crippen LogP contribution is 2.09. The minimum atomic E-state index is -0.0799. The average Bonchev–Trinajstić information content (AvgIpc) is 2.87. The van der Waals surface area contributed by atoms with E-state index in [1.54, 1.807) is 10.9 Å². The van der Waals surface area contributed by atoms with E-state index in [0.29, 0.717) is 18.3 Å². The van der Waals surface area contributed by atoms with Crippen LogP contribution in [0.2, 0.25) is 0 Å². The summed E-state index contributed by atoms with van der Waals surface area (Å²) < 4.78 is 3.78. The van der Waals surface area contributed by atoms with Gasteiger partial charge in [0.15, 0.2) is 0 Å². The molecule has 0 bridgehead atoms. The molecule has 0 aliphatic carbocycles. The van der Waals surface area contributed by atoms with Gasteiger partial charge in [0.1, 0.15) is 5.69 Å². The molecular formula is C10H15N5O. The normalized spacial score (nSPS) is 11.2.